The van der Waals surface area contributed by atoms with E-state index in [2.05, 4.69) is 0 Å². The monoisotopic (exact) mass is 319 g/mol. The molecule has 2 heterocycles. The third-order valence-electron chi connectivity index (χ3n) is 4.66. The van der Waals surface area contributed by atoms with Crippen molar-refractivity contribution in [3.8, 4) is 0 Å². The maximum absolute atomic E-state index is 12.6. The summed E-state index contributed by atoms with van der Waals surface area (Å²) < 4.78 is 0. The third-order valence-corrected chi connectivity index (χ3v) is 5.71. The summed E-state index contributed by atoms with van der Waals surface area (Å²) in [5, 5.41) is 9.49. The number of thioether (sulfide) groups is 1. The van der Waals surface area contributed by atoms with Crippen LogP contribution in [-0.4, -0.2) is 39.4 Å². The van der Waals surface area contributed by atoms with Crippen molar-refractivity contribution in [1.82, 2.24) is 4.90 Å². The number of benzene rings is 1. The molecule has 22 heavy (non-hydrogen) atoms. The van der Waals surface area contributed by atoms with Crippen LogP contribution in [0.5, 0.6) is 0 Å². The van der Waals surface area contributed by atoms with Crippen LogP contribution >= 0.6 is 11.8 Å². The molecule has 3 rings (SSSR count). The van der Waals surface area contributed by atoms with Gasteiger partial charge in [0, 0.05) is 19.4 Å². The second-order valence-electron chi connectivity index (χ2n) is 6.11. The van der Waals surface area contributed by atoms with Crippen molar-refractivity contribution in [2.75, 3.05) is 11.5 Å². The van der Waals surface area contributed by atoms with E-state index in [0.717, 1.165) is 35.5 Å². The Kier molecular flexibility index (Phi) is 4.71. The van der Waals surface area contributed by atoms with E-state index in [-0.39, 0.29) is 5.91 Å². The predicted molar refractivity (Wildman–Crippen MR) is 86.8 cm³/mol. The van der Waals surface area contributed by atoms with Gasteiger partial charge in [0.05, 0.1) is 0 Å². The maximum Gasteiger partial charge on any atom is 0.326 e. The fraction of sp³-hybridized carbons (Fsp3) is 0.529. The van der Waals surface area contributed by atoms with Gasteiger partial charge in [-0.2, -0.15) is 11.8 Å². The molecule has 2 aliphatic rings. The van der Waals surface area contributed by atoms with Gasteiger partial charge >= 0.3 is 5.97 Å². The number of nitrogens with zero attached hydrogens (tertiary/aromatic N) is 1. The highest BCUT2D eigenvalue weighted by molar-refractivity contribution is 7.99. The zero-order valence-corrected chi connectivity index (χ0v) is 13.3. The van der Waals surface area contributed by atoms with Gasteiger partial charge in [-0.1, -0.05) is 24.3 Å². The minimum atomic E-state index is -0.901. The molecule has 0 bridgehead atoms. The molecule has 0 saturated carbocycles. The van der Waals surface area contributed by atoms with Crippen molar-refractivity contribution in [3.63, 3.8) is 0 Å². The van der Waals surface area contributed by atoms with Gasteiger partial charge in [0.1, 0.15) is 6.04 Å². The average molecular weight is 319 g/mol. The van der Waals surface area contributed by atoms with Crippen molar-refractivity contribution in [2.24, 2.45) is 5.92 Å². The van der Waals surface area contributed by atoms with E-state index in [4.69, 9.17) is 0 Å². The van der Waals surface area contributed by atoms with Gasteiger partial charge in [-0.15, -0.1) is 0 Å². The van der Waals surface area contributed by atoms with E-state index in [1.165, 1.54) is 0 Å². The number of fused-ring (bicyclic) bond motifs is 1. The second-order valence-corrected chi connectivity index (χ2v) is 7.33. The number of amides is 1. The van der Waals surface area contributed by atoms with Crippen LogP contribution in [0.2, 0.25) is 0 Å². The highest BCUT2D eigenvalue weighted by atomic mass is 32.2. The number of carbonyl (C=O) groups excluding carboxylic acids is 1. The normalized spacial score (nSPS) is 22.2. The predicted octanol–water partition coefficient (Wildman–Crippen LogP) is 2.56. The molecule has 1 amide bonds. The molecule has 1 saturated heterocycles. The van der Waals surface area contributed by atoms with Gasteiger partial charge in [0.2, 0.25) is 5.91 Å². The van der Waals surface area contributed by atoms with E-state index < -0.39 is 12.0 Å². The lowest BCUT2D eigenvalue weighted by atomic mass is 9.92. The fourth-order valence-corrected chi connectivity index (χ4v) is 4.52. The lowest BCUT2D eigenvalue weighted by Gasteiger charge is -2.35. The summed E-state index contributed by atoms with van der Waals surface area (Å²) in [5.41, 5.74) is 2.13. The summed E-state index contributed by atoms with van der Waals surface area (Å²) in [6, 6.07) is 7.10. The highest BCUT2D eigenvalue weighted by Crippen LogP contribution is 2.29. The molecule has 118 valence electrons. The average Bonchev–Trinajstić information content (AvgIpc) is 2.54. The van der Waals surface area contributed by atoms with Crippen LogP contribution in [0.15, 0.2) is 24.3 Å². The van der Waals surface area contributed by atoms with Crippen LogP contribution in [0.3, 0.4) is 0 Å². The smallest absolute Gasteiger partial charge is 0.326 e. The molecule has 1 fully saturated rings. The number of carbonyl (C=O) groups is 2. The molecular weight excluding hydrogens is 298 g/mol. The minimum Gasteiger partial charge on any atom is -0.480 e. The van der Waals surface area contributed by atoms with Crippen molar-refractivity contribution < 1.29 is 14.7 Å². The molecule has 0 aromatic heterocycles. The lowest BCUT2D eigenvalue weighted by molar-refractivity contribution is -0.151. The van der Waals surface area contributed by atoms with Gasteiger partial charge < -0.3 is 10.0 Å². The van der Waals surface area contributed by atoms with Crippen LogP contribution in [0, 0.1) is 5.92 Å². The first-order chi connectivity index (χ1) is 10.6. The maximum atomic E-state index is 12.6. The molecule has 5 heteroatoms. The first-order valence-electron chi connectivity index (χ1n) is 7.82. The molecule has 2 aliphatic heterocycles. The van der Waals surface area contributed by atoms with E-state index in [1.54, 1.807) is 4.90 Å². The summed E-state index contributed by atoms with van der Waals surface area (Å²) in [6.45, 7) is 0.424. The number of hydrogen-bond donors (Lipinski definition) is 1. The van der Waals surface area contributed by atoms with Gasteiger partial charge in [0.15, 0.2) is 0 Å². The van der Waals surface area contributed by atoms with Gasteiger partial charge in [-0.25, -0.2) is 4.79 Å². The Morgan fingerprint density at radius 1 is 1.18 bits per heavy atom. The molecule has 0 aliphatic carbocycles. The van der Waals surface area contributed by atoms with Crippen LogP contribution in [0.25, 0.3) is 0 Å². The van der Waals surface area contributed by atoms with Crippen LogP contribution in [0.1, 0.15) is 30.4 Å². The summed E-state index contributed by atoms with van der Waals surface area (Å²) in [4.78, 5) is 25.8. The topological polar surface area (TPSA) is 57.6 Å². The zero-order valence-electron chi connectivity index (χ0n) is 12.5. The van der Waals surface area contributed by atoms with E-state index >= 15 is 0 Å². The summed E-state index contributed by atoms with van der Waals surface area (Å²) >= 11 is 1.94. The van der Waals surface area contributed by atoms with E-state index in [9.17, 15) is 14.7 Å². The first-order valence-corrected chi connectivity index (χ1v) is 8.97. The van der Waals surface area contributed by atoms with Crippen LogP contribution < -0.4 is 0 Å². The largest absolute Gasteiger partial charge is 0.480 e. The Labute approximate surface area is 134 Å². The summed E-state index contributed by atoms with van der Waals surface area (Å²) in [6.07, 6.45) is 3.04. The lowest BCUT2D eigenvalue weighted by Crippen LogP contribution is -2.49. The first kappa shape index (κ1) is 15.4. The van der Waals surface area contributed by atoms with Gasteiger partial charge in [-0.05, 0) is 41.4 Å². The molecule has 4 nitrogen and oxygen atoms in total. The zero-order chi connectivity index (χ0) is 15.5. The van der Waals surface area contributed by atoms with Crippen molar-refractivity contribution in [1.29, 1.82) is 0 Å². The van der Waals surface area contributed by atoms with Gasteiger partial charge in [0.25, 0.3) is 0 Å². The minimum absolute atomic E-state index is 0.00111. The quantitative estimate of drug-likeness (QED) is 0.930. The molecule has 0 spiro atoms. The molecule has 1 atom stereocenters. The molecule has 1 N–H and O–H groups in total. The number of rotatable bonds is 3. The Morgan fingerprint density at radius 2 is 1.86 bits per heavy atom. The standard InChI is InChI=1S/C17H21NO3S/c19-16(9-12-5-7-22-8-6-12)18-11-14-4-2-1-3-13(14)10-15(18)17(20)21/h1-4,12,15H,5-11H2,(H,20,21). The highest BCUT2D eigenvalue weighted by Gasteiger charge is 2.35. The Balaban J connectivity index is 1.75. The number of carboxylic acids is 1. The van der Waals surface area contributed by atoms with Crippen LogP contribution in [-0.2, 0) is 22.6 Å². The fourth-order valence-electron chi connectivity index (χ4n) is 3.32. The summed E-state index contributed by atoms with van der Waals surface area (Å²) in [5.74, 6) is 1.74. The molecule has 1 unspecified atom stereocenters. The molecule has 1 aromatic rings. The third kappa shape index (κ3) is 3.29. The van der Waals surface area contributed by atoms with Crippen molar-refractivity contribution >= 4 is 23.6 Å². The molecular formula is C17H21NO3S. The van der Waals surface area contributed by atoms with Crippen LogP contribution in [0.4, 0.5) is 0 Å². The Bertz CT molecular complexity index is 569. The number of carboxylic acid groups (broad SMARTS) is 1. The Hall–Kier alpha value is -1.49. The number of aliphatic carboxylic acids is 1. The Morgan fingerprint density at radius 3 is 2.55 bits per heavy atom. The van der Waals surface area contributed by atoms with Crippen molar-refractivity contribution in [3.05, 3.63) is 35.4 Å². The second kappa shape index (κ2) is 6.73. The van der Waals surface area contributed by atoms with E-state index in [0.29, 0.717) is 25.3 Å². The molecule has 1 aromatic carbocycles. The van der Waals surface area contributed by atoms with E-state index in [1.807, 2.05) is 36.0 Å². The summed E-state index contributed by atoms with van der Waals surface area (Å²) in [7, 11) is 0. The number of hydrogen-bond acceptors (Lipinski definition) is 3. The molecule has 0 radical (unpaired) electrons. The van der Waals surface area contributed by atoms with Crippen molar-refractivity contribution in [2.45, 2.75) is 38.3 Å². The SMILES string of the molecule is O=C(O)C1Cc2ccccc2CN1C(=O)CC1CCSCC1. The van der Waals surface area contributed by atoms with Gasteiger partial charge in [-0.3, -0.25) is 4.79 Å².